The monoisotopic (exact) mass is 355 g/mol. The average Bonchev–Trinajstić information content (AvgIpc) is 2.94. The van der Waals surface area contributed by atoms with Gasteiger partial charge in [-0.15, -0.1) is 0 Å². The van der Waals surface area contributed by atoms with Gasteiger partial charge < -0.3 is 5.11 Å². The summed E-state index contributed by atoms with van der Waals surface area (Å²) in [6.07, 6.45) is 2.55. The van der Waals surface area contributed by atoms with E-state index >= 15 is 0 Å². The summed E-state index contributed by atoms with van der Waals surface area (Å²) in [6.45, 7) is 0.808. The predicted octanol–water partition coefficient (Wildman–Crippen LogP) is 3.94. The van der Waals surface area contributed by atoms with Crippen molar-refractivity contribution in [3.63, 3.8) is 0 Å². The normalized spacial score (nSPS) is 16.8. The van der Waals surface area contributed by atoms with Gasteiger partial charge in [0.05, 0.1) is 5.69 Å². The van der Waals surface area contributed by atoms with Gasteiger partial charge >= 0.3 is 0 Å². The second-order valence-corrected chi connectivity index (χ2v) is 6.38. The van der Waals surface area contributed by atoms with Crippen molar-refractivity contribution in [2.45, 2.75) is 19.3 Å². The molecular formula is C19H15ClFN3O. The molecule has 3 aromatic rings. The summed E-state index contributed by atoms with van der Waals surface area (Å²) in [5.41, 5.74) is 3.67. The zero-order chi connectivity index (χ0) is 17.4. The molecule has 6 heteroatoms. The fourth-order valence-electron chi connectivity index (χ4n) is 3.06. The largest absolute Gasteiger partial charge is 0.374 e. The molecule has 1 aromatic carbocycles. The Morgan fingerprint density at radius 2 is 2.00 bits per heavy atom. The first-order valence-electron chi connectivity index (χ1n) is 7.88. The van der Waals surface area contributed by atoms with Gasteiger partial charge in [-0.3, -0.25) is 9.88 Å². The van der Waals surface area contributed by atoms with E-state index in [-0.39, 0.29) is 5.82 Å². The maximum Gasteiger partial charge on any atom is 0.136 e. The van der Waals surface area contributed by atoms with Crippen LogP contribution >= 0.6 is 11.6 Å². The Hall–Kier alpha value is -2.34. The molecule has 25 heavy (non-hydrogen) atoms. The van der Waals surface area contributed by atoms with E-state index in [0.717, 1.165) is 22.4 Å². The molecule has 2 aromatic heterocycles. The van der Waals surface area contributed by atoms with Gasteiger partial charge in [-0.25, -0.2) is 9.37 Å². The topological polar surface area (TPSA) is 49.3 Å². The van der Waals surface area contributed by atoms with Gasteiger partial charge in [-0.05, 0) is 29.8 Å². The molecule has 0 aliphatic carbocycles. The lowest BCUT2D eigenvalue weighted by molar-refractivity contribution is 0.00695. The Labute approximate surface area is 149 Å². The summed E-state index contributed by atoms with van der Waals surface area (Å²) in [7, 11) is 0. The van der Waals surface area contributed by atoms with Crippen molar-refractivity contribution in [1.29, 1.82) is 0 Å². The zero-order valence-electron chi connectivity index (χ0n) is 13.2. The standard InChI is InChI=1S/C19H15ClFN3O/c20-18-6-5-13(9-23-18)12-3-4-14(16(21)8-12)10-24-11-17-15(19(24)25)2-1-7-22-17/h1-9,19,25H,10-11H2. The number of benzene rings is 1. The fourth-order valence-corrected chi connectivity index (χ4v) is 3.17. The number of aliphatic hydroxyl groups is 1. The van der Waals surface area contributed by atoms with Gasteiger partial charge in [0.2, 0.25) is 0 Å². The van der Waals surface area contributed by atoms with E-state index in [0.29, 0.717) is 23.8 Å². The smallest absolute Gasteiger partial charge is 0.136 e. The molecule has 1 unspecified atom stereocenters. The molecule has 4 rings (SSSR count). The first-order chi connectivity index (χ1) is 12.1. The number of hydrogen-bond acceptors (Lipinski definition) is 4. The molecule has 4 nitrogen and oxygen atoms in total. The van der Waals surface area contributed by atoms with E-state index in [1.54, 1.807) is 41.6 Å². The van der Waals surface area contributed by atoms with E-state index in [2.05, 4.69) is 9.97 Å². The number of halogens is 2. The van der Waals surface area contributed by atoms with Crippen LogP contribution in [0, 0.1) is 5.82 Å². The third-order valence-electron chi connectivity index (χ3n) is 4.39. The van der Waals surface area contributed by atoms with E-state index in [4.69, 9.17) is 11.6 Å². The summed E-state index contributed by atoms with van der Waals surface area (Å²) >= 11 is 5.78. The zero-order valence-corrected chi connectivity index (χ0v) is 14.0. The molecule has 1 N–H and O–H groups in total. The van der Waals surface area contributed by atoms with E-state index in [1.807, 2.05) is 12.1 Å². The van der Waals surface area contributed by atoms with Crippen molar-refractivity contribution in [2.75, 3.05) is 0 Å². The number of hydrogen-bond donors (Lipinski definition) is 1. The number of rotatable bonds is 3. The van der Waals surface area contributed by atoms with Gasteiger partial charge in [0.25, 0.3) is 0 Å². The molecule has 0 bridgehead atoms. The molecule has 0 amide bonds. The Kier molecular flexibility index (Phi) is 4.21. The lowest BCUT2D eigenvalue weighted by Crippen LogP contribution is -2.22. The van der Waals surface area contributed by atoms with Crippen LogP contribution in [0.3, 0.4) is 0 Å². The third-order valence-corrected chi connectivity index (χ3v) is 4.61. The van der Waals surface area contributed by atoms with Crippen molar-refractivity contribution >= 4 is 11.6 Å². The summed E-state index contributed by atoms with van der Waals surface area (Å²) < 4.78 is 14.6. The van der Waals surface area contributed by atoms with Crippen LogP contribution in [0.1, 0.15) is 23.0 Å². The highest BCUT2D eigenvalue weighted by atomic mass is 35.5. The Balaban J connectivity index is 1.55. The highest BCUT2D eigenvalue weighted by Crippen LogP contribution is 2.32. The SMILES string of the molecule is OC1c2cccnc2CN1Cc1ccc(-c2ccc(Cl)nc2)cc1F. The van der Waals surface area contributed by atoms with E-state index in [9.17, 15) is 9.50 Å². The maximum atomic E-state index is 14.6. The number of pyridine rings is 2. The molecule has 0 saturated carbocycles. The van der Waals surface area contributed by atoms with Crippen molar-refractivity contribution in [2.24, 2.45) is 0 Å². The molecular weight excluding hydrogens is 341 g/mol. The van der Waals surface area contributed by atoms with Crippen LogP contribution in [0.25, 0.3) is 11.1 Å². The molecule has 3 heterocycles. The van der Waals surface area contributed by atoms with Crippen LogP contribution in [-0.2, 0) is 13.1 Å². The lowest BCUT2D eigenvalue weighted by atomic mass is 10.0. The Morgan fingerprint density at radius 1 is 1.16 bits per heavy atom. The highest BCUT2D eigenvalue weighted by Gasteiger charge is 2.29. The van der Waals surface area contributed by atoms with Crippen LogP contribution in [0.15, 0.2) is 54.9 Å². The Morgan fingerprint density at radius 3 is 2.72 bits per heavy atom. The van der Waals surface area contributed by atoms with Gasteiger partial charge in [0.15, 0.2) is 0 Å². The summed E-state index contributed by atoms with van der Waals surface area (Å²) in [4.78, 5) is 10.1. The first-order valence-corrected chi connectivity index (χ1v) is 8.26. The minimum absolute atomic E-state index is 0.308. The molecule has 1 aliphatic rings. The second-order valence-electron chi connectivity index (χ2n) is 5.99. The van der Waals surface area contributed by atoms with Crippen LogP contribution in [-0.4, -0.2) is 20.0 Å². The third kappa shape index (κ3) is 3.14. The molecule has 0 saturated heterocycles. The molecule has 0 fully saturated rings. The fraction of sp³-hybridized carbons (Fsp3) is 0.158. The minimum atomic E-state index is -0.761. The van der Waals surface area contributed by atoms with Gasteiger partial charge in [0, 0.05) is 42.2 Å². The van der Waals surface area contributed by atoms with E-state index in [1.165, 1.54) is 6.07 Å². The van der Waals surface area contributed by atoms with Crippen molar-refractivity contribution in [1.82, 2.24) is 14.9 Å². The molecule has 1 atom stereocenters. The molecule has 1 aliphatic heterocycles. The van der Waals surface area contributed by atoms with Crippen LogP contribution in [0.5, 0.6) is 0 Å². The highest BCUT2D eigenvalue weighted by molar-refractivity contribution is 6.29. The summed E-state index contributed by atoms with van der Waals surface area (Å²) in [6, 6.07) is 12.2. The van der Waals surface area contributed by atoms with Crippen LogP contribution in [0.2, 0.25) is 5.15 Å². The maximum absolute atomic E-state index is 14.6. The number of aliphatic hydroxyl groups excluding tert-OH is 1. The van der Waals surface area contributed by atoms with Gasteiger partial charge in [-0.1, -0.05) is 29.8 Å². The van der Waals surface area contributed by atoms with E-state index < -0.39 is 6.23 Å². The number of aromatic nitrogens is 2. The first kappa shape index (κ1) is 16.1. The molecule has 126 valence electrons. The predicted molar refractivity (Wildman–Crippen MR) is 93.1 cm³/mol. The van der Waals surface area contributed by atoms with Crippen molar-refractivity contribution < 1.29 is 9.50 Å². The number of fused-ring (bicyclic) bond motifs is 1. The summed E-state index contributed by atoms with van der Waals surface area (Å²) in [5.74, 6) is -0.316. The lowest BCUT2D eigenvalue weighted by Gasteiger charge is -2.20. The van der Waals surface area contributed by atoms with Crippen LogP contribution in [0.4, 0.5) is 4.39 Å². The van der Waals surface area contributed by atoms with Crippen molar-refractivity contribution in [3.05, 3.63) is 82.6 Å². The van der Waals surface area contributed by atoms with Crippen molar-refractivity contribution in [3.8, 4) is 11.1 Å². The molecule has 0 radical (unpaired) electrons. The summed E-state index contributed by atoms with van der Waals surface area (Å²) in [5, 5.41) is 10.8. The Bertz CT molecular complexity index is 917. The number of nitrogens with zero attached hydrogens (tertiary/aromatic N) is 3. The van der Waals surface area contributed by atoms with Gasteiger partial charge in [0.1, 0.15) is 17.2 Å². The van der Waals surface area contributed by atoms with Crippen LogP contribution < -0.4 is 0 Å². The minimum Gasteiger partial charge on any atom is -0.374 e. The quantitative estimate of drug-likeness (QED) is 0.723. The molecule has 0 spiro atoms. The second kappa shape index (κ2) is 6.52. The average molecular weight is 356 g/mol. The van der Waals surface area contributed by atoms with Gasteiger partial charge in [-0.2, -0.15) is 0 Å².